The lowest BCUT2D eigenvalue weighted by molar-refractivity contribution is -0.267. The lowest BCUT2D eigenvalue weighted by Crippen LogP contribution is -2.57. The summed E-state index contributed by atoms with van der Waals surface area (Å²) in [7, 11) is 0. The van der Waals surface area contributed by atoms with Crippen molar-refractivity contribution in [3.05, 3.63) is 0 Å². The number of hydrogen-bond acceptors (Lipinski definition) is 8. The van der Waals surface area contributed by atoms with Gasteiger partial charge < -0.3 is 42.0 Å². The van der Waals surface area contributed by atoms with E-state index < -0.39 is 36.8 Å². The molecule has 0 spiro atoms. The fraction of sp³-hybridized carbons (Fsp3) is 1.00. The third kappa shape index (κ3) is 3.46. The molecule has 1 saturated heterocycles. The Morgan fingerprint density at radius 3 is 2.35 bits per heavy atom. The largest absolute Gasteiger partial charge is 0.391 e. The van der Waals surface area contributed by atoms with Crippen LogP contribution in [-0.2, 0) is 9.47 Å². The minimum Gasteiger partial charge on any atom is -0.391 e. The summed E-state index contributed by atoms with van der Waals surface area (Å²) in [4.78, 5) is 0. The molecule has 8 nitrogen and oxygen atoms in total. The van der Waals surface area contributed by atoms with Crippen molar-refractivity contribution >= 4 is 0 Å². The number of ether oxygens (including phenoxy) is 2. The molecule has 0 aromatic carbocycles. The first-order valence-corrected chi connectivity index (χ1v) is 6.98. The molecule has 0 aromatic rings. The van der Waals surface area contributed by atoms with Gasteiger partial charge in [0.25, 0.3) is 0 Å². The molecular formula is C12H25N3O5. The Kier molecular flexibility index (Phi) is 5.32. The zero-order valence-electron chi connectivity index (χ0n) is 11.3. The van der Waals surface area contributed by atoms with Crippen LogP contribution < -0.4 is 17.2 Å². The fourth-order valence-electron chi connectivity index (χ4n) is 2.76. The molecule has 20 heavy (non-hydrogen) atoms. The highest BCUT2D eigenvalue weighted by atomic mass is 16.7. The third-order valence-corrected chi connectivity index (χ3v) is 4.08. The summed E-state index contributed by atoms with van der Waals surface area (Å²) in [5, 5.41) is 29.2. The Hall–Kier alpha value is -0.320. The first kappa shape index (κ1) is 16.1. The van der Waals surface area contributed by atoms with Gasteiger partial charge in [0.15, 0.2) is 6.29 Å². The van der Waals surface area contributed by atoms with Crippen LogP contribution in [0.25, 0.3) is 0 Å². The van der Waals surface area contributed by atoms with Crippen LogP contribution in [0.1, 0.15) is 19.3 Å². The zero-order chi connectivity index (χ0) is 14.9. The molecule has 1 aliphatic carbocycles. The van der Waals surface area contributed by atoms with Crippen LogP contribution in [0.2, 0.25) is 0 Å². The van der Waals surface area contributed by atoms with E-state index in [9.17, 15) is 15.3 Å². The number of aliphatic hydroxyl groups excluding tert-OH is 3. The van der Waals surface area contributed by atoms with Gasteiger partial charge in [0, 0.05) is 31.5 Å². The van der Waals surface area contributed by atoms with E-state index in [0.717, 1.165) is 0 Å². The van der Waals surface area contributed by atoms with Gasteiger partial charge in [0.05, 0.1) is 18.3 Å². The lowest BCUT2D eigenvalue weighted by atomic mass is 9.87. The monoisotopic (exact) mass is 291 g/mol. The van der Waals surface area contributed by atoms with Crippen LogP contribution in [0.15, 0.2) is 0 Å². The molecular weight excluding hydrogens is 266 g/mol. The molecule has 118 valence electrons. The molecule has 0 bridgehead atoms. The Bertz CT molecular complexity index is 321. The van der Waals surface area contributed by atoms with E-state index >= 15 is 0 Å². The van der Waals surface area contributed by atoms with E-state index in [0.29, 0.717) is 12.8 Å². The highest BCUT2D eigenvalue weighted by Crippen LogP contribution is 2.26. The summed E-state index contributed by atoms with van der Waals surface area (Å²) in [5.74, 6) is 0. The van der Waals surface area contributed by atoms with Gasteiger partial charge >= 0.3 is 0 Å². The second-order valence-electron chi connectivity index (χ2n) is 5.67. The molecule has 0 radical (unpaired) electrons. The second kappa shape index (κ2) is 6.63. The highest BCUT2D eigenvalue weighted by molar-refractivity contribution is 4.92. The molecule has 9 N–H and O–H groups in total. The van der Waals surface area contributed by atoms with Crippen molar-refractivity contribution in [2.45, 2.75) is 68.2 Å². The van der Waals surface area contributed by atoms with E-state index in [2.05, 4.69) is 0 Å². The van der Waals surface area contributed by atoms with Gasteiger partial charge in [0.2, 0.25) is 0 Å². The van der Waals surface area contributed by atoms with Crippen molar-refractivity contribution in [3.8, 4) is 0 Å². The summed E-state index contributed by atoms with van der Waals surface area (Å²) >= 11 is 0. The summed E-state index contributed by atoms with van der Waals surface area (Å²) in [5.41, 5.74) is 17.2. The maximum absolute atomic E-state index is 9.78. The molecule has 0 aromatic heterocycles. The molecule has 0 amide bonds. The average Bonchev–Trinajstić information content (AvgIpc) is 2.40. The van der Waals surface area contributed by atoms with E-state index in [1.54, 1.807) is 0 Å². The highest BCUT2D eigenvalue weighted by Gasteiger charge is 2.40. The molecule has 1 unspecified atom stereocenters. The first-order valence-electron chi connectivity index (χ1n) is 6.98. The van der Waals surface area contributed by atoms with E-state index in [1.165, 1.54) is 0 Å². The van der Waals surface area contributed by atoms with Crippen LogP contribution in [0.4, 0.5) is 0 Å². The summed E-state index contributed by atoms with van der Waals surface area (Å²) in [6, 6.07) is -0.640. The molecule has 8 atom stereocenters. The predicted octanol–water partition coefficient (Wildman–Crippen LogP) is -3.02. The fourth-order valence-corrected chi connectivity index (χ4v) is 2.76. The Balaban J connectivity index is 1.92. The number of nitrogens with two attached hydrogens (primary N) is 3. The van der Waals surface area contributed by atoms with Crippen LogP contribution in [-0.4, -0.2) is 70.8 Å². The van der Waals surface area contributed by atoms with Crippen molar-refractivity contribution < 1.29 is 24.8 Å². The summed E-state index contributed by atoms with van der Waals surface area (Å²) in [6.45, 7) is 0.0856. The summed E-state index contributed by atoms with van der Waals surface area (Å²) in [6.07, 6.45) is -3.45. The van der Waals surface area contributed by atoms with Crippen LogP contribution in [0.5, 0.6) is 0 Å². The SMILES string of the molecule is NCC1O[C@@H](O[C@H]2C[C@H](O)[C@@H](N)C[C@@H]2N)C[C@H](O)[C@H]1O. The average molecular weight is 291 g/mol. The van der Waals surface area contributed by atoms with Gasteiger partial charge in [-0.15, -0.1) is 0 Å². The maximum Gasteiger partial charge on any atom is 0.161 e. The van der Waals surface area contributed by atoms with E-state index in [-0.39, 0.29) is 25.0 Å². The number of hydrogen-bond donors (Lipinski definition) is 6. The molecule has 2 rings (SSSR count). The second-order valence-corrected chi connectivity index (χ2v) is 5.67. The van der Waals surface area contributed by atoms with Gasteiger partial charge in [0.1, 0.15) is 12.2 Å². The first-order chi connectivity index (χ1) is 9.42. The Morgan fingerprint density at radius 2 is 1.70 bits per heavy atom. The summed E-state index contributed by atoms with van der Waals surface area (Å²) < 4.78 is 11.2. The van der Waals surface area contributed by atoms with Gasteiger partial charge in [-0.2, -0.15) is 0 Å². The minimum atomic E-state index is -1.01. The normalized spacial score (nSPS) is 50.1. The molecule has 1 heterocycles. The van der Waals surface area contributed by atoms with Gasteiger partial charge in [-0.05, 0) is 6.42 Å². The van der Waals surface area contributed by atoms with Gasteiger partial charge in [-0.25, -0.2) is 0 Å². The molecule has 8 heteroatoms. The Labute approximate surface area is 117 Å². The Morgan fingerprint density at radius 1 is 1.00 bits per heavy atom. The van der Waals surface area contributed by atoms with Crippen molar-refractivity contribution in [1.82, 2.24) is 0 Å². The van der Waals surface area contributed by atoms with Crippen molar-refractivity contribution in [1.29, 1.82) is 0 Å². The van der Waals surface area contributed by atoms with Crippen LogP contribution in [0, 0.1) is 0 Å². The quantitative estimate of drug-likeness (QED) is 0.320. The van der Waals surface area contributed by atoms with Gasteiger partial charge in [-0.3, -0.25) is 0 Å². The zero-order valence-corrected chi connectivity index (χ0v) is 11.3. The maximum atomic E-state index is 9.78. The minimum absolute atomic E-state index is 0.0856. The molecule has 1 saturated carbocycles. The molecule has 2 fully saturated rings. The molecule has 2 aliphatic rings. The van der Waals surface area contributed by atoms with Crippen LogP contribution in [0.3, 0.4) is 0 Å². The lowest BCUT2D eigenvalue weighted by Gasteiger charge is -2.41. The van der Waals surface area contributed by atoms with E-state index in [4.69, 9.17) is 26.7 Å². The van der Waals surface area contributed by atoms with Crippen molar-refractivity contribution in [2.75, 3.05) is 6.54 Å². The van der Waals surface area contributed by atoms with Crippen molar-refractivity contribution in [2.24, 2.45) is 17.2 Å². The number of rotatable bonds is 3. The number of aliphatic hydroxyl groups is 3. The predicted molar refractivity (Wildman–Crippen MR) is 70.4 cm³/mol. The standard InChI is InChI=1S/C12H25N3O5/c13-4-10-12(18)8(17)3-11(20-10)19-9-2-7(16)5(14)1-6(9)15/h5-12,16-18H,1-4,13-15H2/t5-,6-,7-,8-,9-,10?,11+,12+/m0/s1. The van der Waals surface area contributed by atoms with Crippen LogP contribution >= 0.6 is 0 Å². The molecule has 1 aliphatic heterocycles. The topological polar surface area (TPSA) is 157 Å². The van der Waals surface area contributed by atoms with E-state index in [1.807, 2.05) is 0 Å². The smallest absolute Gasteiger partial charge is 0.161 e. The third-order valence-electron chi connectivity index (χ3n) is 4.08. The van der Waals surface area contributed by atoms with Gasteiger partial charge in [-0.1, -0.05) is 0 Å². The van der Waals surface area contributed by atoms with Crippen molar-refractivity contribution in [3.63, 3.8) is 0 Å².